The summed E-state index contributed by atoms with van der Waals surface area (Å²) in [5.74, 6) is -0.325. The number of carboxylic acids is 1. The third-order valence-electron chi connectivity index (χ3n) is 8.26. The number of rotatable bonds is 14. The van der Waals surface area contributed by atoms with Gasteiger partial charge in [0.1, 0.15) is 0 Å². The molecular weight excluding hydrogens is 502 g/mol. The van der Waals surface area contributed by atoms with Gasteiger partial charge in [0.25, 0.3) is 0 Å². The molecule has 0 unspecified atom stereocenters. The van der Waals surface area contributed by atoms with E-state index in [0.29, 0.717) is 62.8 Å². The lowest BCUT2D eigenvalue weighted by atomic mass is 9.84. The maximum atomic E-state index is 13.6. The fourth-order valence-corrected chi connectivity index (χ4v) is 6.12. The number of hydrogen-bond acceptors (Lipinski definition) is 7. The maximum Gasteiger partial charge on any atom is 0.308 e. The zero-order valence-corrected chi connectivity index (χ0v) is 23.5. The summed E-state index contributed by atoms with van der Waals surface area (Å²) in [5, 5.41) is 10.5. The molecule has 3 aliphatic heterocycles. The SMILES string of the molecule is CCCCN(CCCC)C(=O)CN1C[C@H](c2cc(OC)c3c(c2)OCO3)[C@H](C(=O)O)[C@H]1CCN1CCCC1=O. The molecule has 10 heteroatoms. The van der Waals surface area contributed by atoms with Crippen LogP contribution in [0.25, 0.3) is 0 Å². The van der Waals surface area contributed by atoms with Gasteiger partial charge in [-0.2, -0.15) is 0 Å². The van der Waals surface area contributed by atoms with Gasteiger partial charge in [-0.05, 0) is 43.4 Å². The number of nitrogens with zero attached hydrogens (tertiary/aromatic N) is 3. The van der Waals surface area contributed by atoms with Gasteiger partial charge in [-0.15, -0.1) is 0 Å². The van der Waals surface area contributed by atoms with Gasteiger partial charge in [0.15, 0.2) is 11.5 Å². The fraction of sp³-hybridized carbons (Fsp3) is 0.690. The highest BCUT2D eigenvalue weighted by molar-refractivity contribution is 5.79. The summed E-state index contributed by atoms with van der Waals surface area (Å²) < 4.78 is 16.7. The zero-order chi connectivity index (χ0) is 27.9. The molecule has 3 atom stereocenters. The second kappa shape index (κ2) is 13.4. The summed E-state index contributed by atoms with van der Waals surface area (Å²) in [4.78, 5) is 44.5. The van der Waals surface area contributed by atoms with Crippen molar-refractivity contribution in [2.75, 3.05) is 53.2 Å². The molecule has 4 rings (SSSR count). The summed E-state index contributed by atoms with van der Waals surface area (Å²) in [6.45, 7) is 7.49. The Hall–Kier alpha value is -3.01. The van der Waals surface area contributed by atoms with Crippen molar-refractivity contribution in [2.45, 2.75) is 70.8 Å². The molecule has 0 aromatic heterocycles. The number of benzene rings is 1. The maximum absolute atomic E-state index is 13.6. The van der Waals surface area contributed by atoms with Crippen LogP contribution in [-0.4, -0.2) is 96.8 Å². The van der Waals surface area contributed by atoms with Crippen LogP contribution < -0.4 is 14.2 Å². The summed E-state index contributed by atoms with van der Waals surface area (Å²) in [6.07, 6.45) is 5.75. The van der Waals surface area contributed by atoms with Crippen LogP contribution in [0.3, 0.4) is 0 Å². The Labute approximate surface area is 231 Å². The Morgan fingerprint density at radius 1 is 1.15 bits per heavy atom. The second-order valence-corrected chi connectivity index (χ2v) is 10.8. The highest BCUT2D eigenvalue weighted by Gasteiger charge is 2.48. The number of carbonyl (C=O) groups is 3. The van der Waals surface area contributed by atoms with Crippen LogP contribution in [0.2, 0.25) is 0 Å². The largest absolute Gasteiger partial charge is 0.493 e. The Balaban J connectivity index is 1.62. The average molecular weight is 546 g/mol. The lowest BCUT2D eigenvalue weighted by Crippen LogP contribution is -2.45. The third kappa shape index (κ3) is 6.59. The smallest absolute Gasteiger partial charge is 0.308 e. The van der Waals surface area contributed by atoms with Crippen molar-refractivity contribution in [2.24, 2.45) is 5.92 Å². The van der Waals surface area contributed by atoms with Crippen LogP contribution in [0.4, 0.5) is 0 Å². The summed E-state index contributed by atoms with van der Waals surface area (Å²) >= 11 is 0. The quantitative estimate of drug-likeness (QED) is 0.379. The van der Waals surface area contributed by atoms with E-state index in [-0.39, 0.29) is 37.1 Å². The Bertz CT molecular complexity index is 1020. The molecule has 3 aliphatic rings. The normalized spacial score (nSPS) is 22.5. The van der Waals surface area contributed by atoms with Gasteiger partial charge in [-0.1, -0.05) is 26.7 Å². The van der Waals surface area contributed by atoms with Crippen LogP contribution in [0.15, 0.2) is 12.1 Å². The van der Waals surface area contributed by atoms with Gasteiger partial charge in [-0.3, -0.25) is 19.3 Å². The predicted molar refractivity (Wildman–Crippen MR) is 145 cm³/mol. The molecule has 10 nitrogen and oxygen atoms in total. The van der Waals surface area contributed by atoms with Gasteiger partial charge < -0.3 is 29.1 Å². The second-order valence-electron chi connectivity index (χ2n) is 10.8. The molecule has 0 spiro atoms. The monoisotopic (exact) mass is 545 g/mol. The average Bonchev–Trinajstić information content (AvgIpc) is 3.65. The van der Waals surface area contributed by atoms with E-state index in [0.717, 1.165) is 37.7 Å². The standard InChI is InChI=1S/C29H43N3O7/c1-4-6-11-30(12-7-5-2)26(34)18-32-17-21(20-15-23(37-3)28-24(16-20)38-19-39-28)27(29(35)36)22(32)10-14-31-13-8-9-25(31)33/h15-16,21-22,27H,4-14,17-19H2,1-3H3,(H,35,36)/t21-,22-,27+/m1/s1. The first-order valence-corrected chi connectivity index (χ1v) is 14.4. The number of carbonyl (C=O) groups excluding carboxylic acids is 2. The first-order valence-electron chi connectivity index (χ1n) is 14.4. The molecule has 39 heavy (non-hydrogen) atoms. The molecule has 2 saturated heterocycles. The van der Waals surface area contributed by atoms with Crippen molar-refractivity contribution in [1.29, 1.82) is 0 Å². The van der Waals surface area contributed by atoms with E-state index in [1.165, 1.54) is 0 Å². The van der Waals surface area contributed by atoms with Crippen molar-refractivity contribution in [3.8, 4) is 17.2 Å². The van der Waals surface area contributed by atoms with Crippen LogP contribution in [-0.2, 0) is 14.4 Å². The van der Waals surface area contributed by atoms with Gasteiger partial charge in [-0.25, -0.2) is 0 Å². The molecular formula is C29H43N3O7. The van der Waals surface area contributed by atoms with Gasteiger partial charge in [0.2, 0.25) is 24.4 Å². The first kappa shape index (κ1) is 29.0. The lowest BCUT2D eigenvalue weighted by Gasteiger charge is -2.30. The molecule has 1 N–H and O–H groups in total. The molecule has 0 aliphatic carbocycles. The van der Waals surface area contributed by atoms with E-state index in [9.17, 15) is 19.5 Å². The minimum absolute atomic E-state index is 0.0344. The zero-order valence-electron chi connectivity index (χ0n) is 23.5. The van der Waals surface area contributed by atoms with Crippen molar-refractivity contribution < 1.29 is 33.7 Å². The summed E-state index contributed by atoms with van der Waals surface area (Å²) in [5.41, 5.74) is 0.787. The fourth-order valence-electron chi connectivity index (χ4n) is 6.12. The third-order valence-corrected chi connectivity index (χ3v) is 8.26. The van der Waals surface area contributed by atoms with Gasteiger partial charge >= 0.3 is 5.97 Å². The van der Waals surface area contributed by atoms with Crippen molar-refractivity contribution in [3.63, 3.8) is 0 Å². The molecule has 216 valence electrons. The molecule has 0 bridgehead atoms. The minimum Gasteiger partial charge on any atom is -0.493 e. The first-order chi connectivity index (χ1) is 18.9. The molecule has 1 aromatic carbocycles. The van der Waals surface area contributed by atoms with E-state index in [1.807, 2.05) is 26.8 Å². The number of hydrogen-bond donors (Lipinski definition) is 1. The molecule has 2 fully saturated rings. The number of ether oxygens (including phenoxy) is 3. The van der Waals surface area contributed by atoms with Crippen LogP contribution in [0.5, 0.6) is 17.2 Å². The Morgan fingerprint density at radius 2 is 1.90 bits per heavy atom. The highest BCUT2D eigenvalue weighted by atomic mass is 16.7. The van der Waals surface area contributed by atoms with Crippen molar-refractivity contribution in [3.05, 3.63) is 17.7 Å². The van der Waals surface area contributed by atoms with Crippen LogP contribution in [0, 0.1) is 5.92 Å². The number of unbranched alkanes of at least 4 members (excludes halogenated alkanes) is 2. The number of methoxy groups -OCH3 is 1. The Kier molecular flexibility index (Phi) is 9.94. The molecule has 3 heterocycles. The molecule has 2 amide bonds. The number of amides is 2. The van der Waals surface area contributed by atoms with Gasteiger partial charge in [0, 0.05) is 51.1 Å². The number of aliphatic carboxylic acids is 1. The predicted octanol–water partition coefficient (Wildman–Crippen LogP) is 3.33. The highest BCUT2D eigenvalue weighted by Crippen LogP contribution is 2.47. The van der Waals surface area contributed by atoms with E-state index < -0.39 is 11.9 Å². The molecule has 0 saturated carbocycles. The van der Waals surface area contributed by atoms with Crippen LogP contribution in [0.1, 0.15) is 70.3 Å². The molecule has 1 aromatic rings. The van der Waals surface area contributed by atoms with Crippen molar-refractivity contribution >= 4 is 17.8 Å². The van der Waals surface area contributed by atoms with E-state index in [4.69, 9.17) is 14.2 Å². The minimum atomic E-state index is -0.904. The van der Waals surface area contributed by atoms with Crippen LogP contribution >= 0.6 is 0 Å². The summed E-state index contributed by atoms with van der Waals surface area (Å²) in [7, 11) is 1.55. The van der Waals surface area contributed by atoms with E-state index in [2.05, 4.69) is 13.8 Å². The van der Waals surface area contributed by atoms with Crippen molar-refractivity contribution in [1.82, 2.24) is 14.7 Å². The molecule has 0 radical (unpaired) electrons. The number of carboxylic acid groups (broad SMARTS) is 1. The topological polar surface area (TPSA) is 109 Å². The van der Waals surface area contributed by atoms with E-state index >= 15 is 0 Å². The summed E-state index contributed by atoms with van der Waals surface area (Å²) in [6, 6.07) is 3.28. The Morgan fingerprint density at radius 3 is 2.51 bits per heavy atom. The lowest BCUT2D eigenvalue weighted by molar-refractivity contribution is -0.144. The number of likely N-dealkylation sites (tertiary alicyclic amines) is 2. The van der Waals surface area contributed by atoms with Gasteiger partial charge in [0.05, 0.1) is 19.6 Å². The number of fused-ring (bicyclic) bond motifs is 1. The van der Waals surface area contributed by atoms with E-state index in [1.54, 1.807) is 7.11 Å².